The fraction of sp³-hybridized carbons (Fsp3) is 0.500. The van der Waals surface area contributed by atoms with Gasteiger partial charge < -0.3 is 44.8 Å². The average molecular weight is 545 g/mol. The van der Waals surface area contributed by atoms with Crippen LogP contribution >= 0.6 is 23.5 Å². The highest BCUT2D eigenvalue weighted by Gasteiger charge is 2.56. The van der Waals surface area contributed by atoms with Gasteiger partial charge in [-0.25, -0.2) is 23.6 Å². The van der Waals surface area contributed by atoms with Crippen molar-refractivity contribution in [1.29, 1.82) is 0 Å². The van der Waals surface area contributed by atoms with Crippen molar-refractivity contribution in [3.8, 4) is 0 Å². The van der Waals surface area contributed by atoms with Gasteiger partial charge in [-0.1, -0.05) is 5.11 Å². The van der Waals surface area contributed by atoms with Crippen LogP contribution in [0.4, 0.5) is 5.82 Å². The minimum absolute atomic E-state index is 0.00489. The summed E-state index contributed by atoms with van der Waals surface area (Å²) in [6.45, 7) is -1.48. The Kier molecular flexibility index (Phi) is 7.18. The van der Waals surface area contributed by atoms with Crippen molar-refractivity contribution >= 4 is 40.4 Å². The van der Waals surface area contributed by atoms with E-state index < -0.39 is 54.2 Å². The highest BCUT2D eigenvalue weighted by atomic mass is 31.3. The number of anilines is 1. The van der Waals surface area contributed by atoms with Crippen LogP contribution in [0.3, 0.4) is 0 Å². The summed E-state index contributed by atoms with van der Waals surface area (Å²) in [5, 5.41) is 24.0. The Balaban J connectivity index is 1.86. The SMILES string of the molecule is [N-]=[N+]=N[C@]1(COP(=O)([O-])OP(=O)([O-])OP(=O)([O-])O)O[C@@H](n2cnc3c(N)ncnc32)[C@H](O)[C@@H]1O. The normalized spacial score (nSPS) is 30.2. The van der Waals surface area contributed by atoms with E-state index in [4.69, 9.17) is 20.9 Å². The summed E-state index contributed by atoms with van der Waals surface area (Å²) in [6.07, 6.45) is -3.63. The van der Waals surface area contributed by atoms with Crippen molar-refractivity contribution in [2.45, 2.75) is 24.2 Å². The highest BCUT2D eigenvalue weighted by molar-refractivity contribution is 7.65. The fourth-order valence-corrected chi connectivity index (χ4v) is 5.72. The fourth-order valence-electron chi connectivity index (χ4n) is 2.81. The molecule has 21 nitrogen and oxygen atoms in total. The molecule has 0 aromatic carbocycles. The number of phosphoric acid groups is 3. The lowest BCUT2D eigenvalue weighted by atomic mass is 10.1. The van der Waals surface area contributed by atoms with Gasteiger partial charge in [0, 0.05) is 4.91 Å². The number of aromatic nitrogens is 4. The molecule has 7 atom stereocenters. The molecular weight excluding hydrogens is 533 g/mol. The molecule has 1 saturated heterocycles. The minimum Gasteiger partial charge on any atom is -0.756 e. The molecule has 3 rings (SSSR count). The summed E-state index contributed by atoms with van der Waals surface area (Å²) >= 11 is 0. The minimum atomic E-state index is -6.22. The van der Waals surface area contributed by atoms with Crippen molar-refractivity contribution < 1.29 is 61.4 Å². The Morgan fingerprint density at radius 3 is 2.53 bits per heavy atom. The molecular formula is C10H12N8O13P3-3. The molecule has 2 aromatic heterocycles. The van der Waals surface area contributed by atoms with E-state index in [1.165, 1.54) is 0 Å². The van der Waals surface area contributed by atoms with Crippen molar-refractivity contribution in [2.24, 2.45) is 5.11 Å². The van der Waals surface area contributed by atoms with Gasteiger partial charge in [-0.05, 0) is 5.53 Å². The predicted octanol–water partition coefficient (Wildman–Crippen LogP) is -2.89. The zero-order valence-electron chi connectivity index (χ0n) is 16.1. The number of imidazole rings is 1. The third kappa shape index (κ3) is 5.60. The summed E-state index contributed by atoms with van der Waals surface area (Å²) in [4.78, 5) is 55.9. The third-order valence-electron chi connectivity index (χ3n) is 4.11. The first-order chi connectivity index (χ1) is 15.6. The molecule has 0 spiro atoms. The van der Waals surface area contributed by atoms with E-state index in [0.29, 0.717) is 0 Å². The van der Waals surface area contributed by atoms with Crippen LogP contribution in [-0.4, -0.2) is 59.2 Å². The maximum atomic E-state index is 11.8. The number of nitrogens with two attached hydrogens (primary N) is 1. The molecule has 0 amide bonds. The number of ether oxygens (including phenoxy) is 1. The largest absolute Gasteiger partial charge is 0.756 e. The van der Waals surface area contributed by atoms with Crippen molar-refractivity contribution in [1.82, 2.24) is 19.5 Å². The van der Waals surface area contributed by atoms with E-state index in [-0.39, 0.29) is 17.0 Å². The molecule has 34 heavy (non-hydrogen) atoms. The number of nitrogens with zero attached hydrogens (tertiary/aromatic N) is 7. The molecule has 0 radical (unpaired) electrons. The predicted molar refractivity (Wildman–Crippen MR) is 96.9 cm³/mol. The Hall–Kier alpha value is -2.05. The third-order valence-corrected chi connectivity index (χ3v) is 7.78. The van der Waals surface area contributed by atoms with Crippen LogP contribution < -0.4 is 20.4 Å². The summed E-state index contributed by atoms with van der Waals surface area (Å²) in [7, 11) is -18.2. The van der Waals surface area contributed by atoms with Crippen LogP contribution in [0.25, 0.3) is 21.6 Å². The smallest absolute Gasteiger partial charge is 0.280 e. The summed E-state index contributed by atoms with van der Waals surface area (Å²) in [6, 6.07) is 0. The Labute approximate surface area is 186 Å². The maximum absolute atomic E-state index is 11.8. The van der Waals surface area contributed by atoms with Crippen LogP contribution in [0.1, 0.15) is 6.23 Å². The van der Waals surface area contributed by atoms with E-state index in [9.17, 15) is 38.6 Å². The number of aliphatic hydroxyl groups excluding tert-OH is 2. The molecule has 3 heterocycles. The number of phosphoric ester groups is 1. The number of hydrogen-bond donors (Lipinski definition) is 4. The van der Waals surface area contributed by atoms with Crippen LogP contribution in [-0.2, 0) is 31.6 Å². The number of hydrogen-bond acceptors (Lipinski definition) is 17. The molecule has 1 fully saturated rings. The van der Waals surface area contributed by atoms with Gasteiger partial charge in [-0.15, -0.1) is 0 Å². The van der Waals surface area contributed by atoms with Crippen molar-refractivity contribution in [2.75, 3.05) is 12.3 Å². The summed E-state index contributed by atoms with van der Waals surface area (Å²) in [5.74, 6) is -0.0550. The monoisotopic (exact) mass is 545 g/mol. The molecule has 1 aliphatic heterocycles. The highest BCUT2D eigenvalue weighted by Crippen LogP contribution is 2.61. The second-order valence-corrected chi connectivity index (χ2v) is 10.7. The van der Waals surface area contributed by atoms with E-state index in [1.807, 2.05) is 0 Å². The number of rotatable bonds is 9. The molecule has 0 aliphatic carbocycles. The van der Waals surface area contributed by atoms with E-state index in [1.54, 1.807) is 0 Å². The van der Waals surface area contributed by atoms with Gasteiger partial charge in [0.2, 0.25) is 5.72 Å². The number of azide groups is 1. The van der Waals surface area contributed by atoms with Crippen molar-refractivity contribution in [3.63, 3.8) is 0 Å². The average Bonchev–Trinajstić information content (AvgIpc) is 3.20. The summed E-state index contributed by atoms with van der Waals surface area (Å²) < 4.78 is 50.8. The molecule has 24 heteroatoms. The van der Waals surface area contributed by atoms with E-state index in [0.717, 1.165) is 17.2 Å². The quantitative estimate of drug-likeness (QED) is 0.106. The molecule has 5 N–H and O–H groups in total. The molecule has 3 unspecified atom stereocenters. The topological polar surface area (TPSA) is 336 Å². The first-order valence-corrected chi connectivity index (χ1v) is 12.8. The van der Waals surface area contributed by atoms with E-state index in [2.05, 4.69) is 38.1 Å². The molecule has 0 saturated carbocycles. The lowest BCUT2D eigenvalue weighted by Crippen LogP contribution is -2.45. The van der Waals surface area contributed by atoms with Gasteiger partial charge in [-0.3, -0.25) is 18.3 Å². The van der Waals surface area contributed by atoms with E-state index >= 15 is 0 Å². The number of aliphatic hydroxyl groups is 2. The first kappa shape index (κ1) is 26.6. The van der Waals surface area contributed by atoms with Crippen LogP contribution in [0.5, 0.6) is 0 Å². The van der Waals surface area contributed by atoms with Gasteiger partial charge >= 0.3 is 0 Å². The van der Waals surface area contributed by atoms with Crippen molar-refractivity contribution in [3.05, 3.63) is 23.1 Å². The van der Waals surface area contributed by atoms with Gasteiger partial charge in [0.1, 0.15) is 24.1 Å². The molecule has 188 valence electrons. The van der Waals surface area contributed by atoms with Crippen LogP contribution in [0.2, 0.25) is 0 Å². The Morgan fingerprint density at radius 1 is 1.24 bits per heavy atom. The maximum Gasteiger partial charge on any atom is 0.280 e. The molecule has 2 aromatic rings. The molecule has 1 aliphatic rings. The number of fused-ring (bicyclic) bond motifs is 1. The molecule has 0 bridgehead atoms. The van der Waals surface area contributed by atoms with Crippen LogP contribution in [0.15, 0.2) is 17.8 Å². The Morgan fingerprint density at radius 2 is 1.91 bits per heavy atom. The second kappa shape index (κ2) is 9.19. The van der Waals surface area contributed by atoms with Gasteiger partial charge in [0.25, 0.3) is 23.5 Å². The zero-order valence-corrected chi connectivity index (χ0v) is 18.8. The number of nitrogen functional groups attached to an aromatic ring is 1. The standard InChI is InChI=1S/C10H15N8O13P3/c11-7-4-8(14-2-13-7)18(3-15-4)9-5(19)6(20)10(29-9,16-17-12)1-28-33(24,25)31-34(26,27)30-32(21,22)23/h2-3,5-6,9,19-20H,1H2,(H,24,25)(H,26,27)(H2,11,13,14)(H2,21,22,23)/p-3/t5-,6+,9-,10-/m1/s1. The lowest BCUT2D eigenvalue weighted by molar-refractivity contribution is -0.251. The van der Waals surface area contributed by atoms with Crippen LogP contribution in [0, 0.1) is 0 Å². The van der Waals surface area contributed by atoms with Gasteiger partial charge in [0.05, 0.1) is 12.9 Å². The first-order valence-electron chi connectivity index (χ1n) is 8.36. The second-order valence-electron chi connectivity index (χ2n) is 6.36. The lowest BCUT2D eigenvalue weighted by Gasteiger charge is -2.34. The summed E-state index contributed by atoms with van der Waals surface area (Å²) in [5.41, 5.74) is 11.9. The zero-order chi connectivity index (χ0) is 25.5. The van der Waals surface area contributed by atoms with Gasteiger partial charge in [0.15, 0.2) is 17.7 Å². The Bertz CT molecular complexity index is 1280. The van der Waals surface area contributed by atoms with Gasteiger partial charge in [-0.2, -0.15) is 0 Å².